The van der Waals surface area contributed by atoms with Crippen molar-refractivity contribution >= 4 is 34.8 Å². The molecule has 1 unspecified atom stereocenters. The molecule has 5 rings (SSSR count). The number of amidine groups is 1. The fourth-order valence-electron chi connectivity index (χ4n) is 4.12. The van der Waals surface area contributed by atoms with Gasteiger partial charge in [0.05, 0.1) is 17.5 Å². The number of aromatic nitrogens is 2. The maximum absolute atomic E-state index is 13.0. The number of benzene rings is 1. The van der Waals surface area contributed by atoms with Crippen LogP contribution in [-0.2, 0) is 10.2 Å². The summed E-state index contributed by atoms with van der Waals surface area (Å²) >= 11 is 0. The zero-order valence-corrected chi connectivity index (χ0v) is 17.7. The number of nitrogens with two attached hydrogens (primary N) is 1. The lowest BCUT2D eigenvalue weighted by atomic mass is 9.77. The second kappa shape index (κ2) is 7.31. The smallest absolute Gasteiger partial charge is 0.240 e. The van der Waals surface area contributed by atoms with E-state index in [1.807, 2.05) is 0 Å². The first kappa shape index (κ1) is 19.9. The molecule has 4 heterocycles. The number of phenols is 1. The minimum Gasteiger partial charge on any atom is -0.508 e. The highest BCUT2D eigenvalue weighted by molar-refractivity contribution is 6.43. The Morgan fingerprint density at radius 3 is 2.91 bits per heavy atom. The van der Waals surface area contributed by atoms with Gasteiger partial charge in [0.25, 0.3) is 0 Å². The van der Waals surface area contributed by atoms with E-state index in [9.17, 15) is 9.90 Å². The number of nitrogens with one attached hydrogen (secondary N) is 3. The molecule has 2 aromatic rings. The van der Waals surface area contributed by atoms with Gasteiger partial charge in [-0.15, -0.1) is 10.6 Å². The fraction of sp³-hybridized carbons (Fsp3) is 0.286. The Hall–Kier alpha value is -3.99. The van der Waals surface area contributed by atoms with Gasteiger partial charge >= 0.3 is 0 Å². The number of hydrogen-bond donors (Lipinski definition) is 5. The molecule has 1 aromatic carbocycles. The monoisotopic (exact) mass is 433 g/mol. The molecule has 6 N–H and O–H groups in total. The predicted octanol–water partition coefficient (Wildman–Crippen LogP) is 1.60. The lowest BCUT2D eigenvalue weighted by molar-refractivity contribution is -0.119. The molecule has 164 valence electrons. The van der Waals surface area contributed by atoms with Crippen LogP contribution in [0.5, 0.6) is 5.75 Å². The van der Waals surface area contributed by atoms with Crippen LogP contribution in [0, 0.1) is 0 Å². The van der Waals surface area contributed by atoms with E-state index in [1.165, 1.54) is 0 Å². The Kier molecular flexibility index (Phi) is 4.55. The van der Waals surface area contributed by atoms with Crippen LogP contribution in [0.25, 0.3) is 5.70 Å². The van der Waals surface area contributed by atoms with Crippen LogP contribution in [0.3, 0.4) is 0 Å². The van der Waals surface area contributed by atoms with Gasteiger partial charge in [-0.3, -0.25) is 4.79 Å². The van der Waals surface area contributed by atoms with E-state index in [4.69, 9.17) is 10.7 Å². The van der Waals surface area contributed by atoms with Gasteiger partial charge in [0.2, 0.25) is 5.91 Å². The summed E-state index contributed by atoms with van der Waals surface area (Å²) < 4.78 is 0. The average Bonchev–Trinajstić information content (AvgIpc) is 3.35. The van der Waals surface area contributed by atoms with Crippen LogP contribution < -0.4 is 22.1 Å². The van der Waals surface area contributed by atoms with E-state index in [-0.39, 0.29) is 17.5 Å². The minimum atomic E-state index is -1.13. The van der Waals surface area contributed by atoms with E-state index in [1.54, 1.807) is 42.4 Å². The van der Waals surface area contributed by atoms with Crippen molar-refractivity contribution in [1.29, 1.82) is 0 Å². The number of carbonyl (C=O) groups is 1. The maximum Gasteiger partial charge on any atom is 0.240 e. The number of rotatable bonds is 5. The number of phenolic OH excluding ortho intramolecular Hbond substituents is 1. The summed E-state index contributed by atoms with van der Waals surface area (Å²) in [7, 11) is 0. The molecule has 0 saturated heterocycles. The third kappa shape index (κ3) is 2.97. The van der Waals surface area contributed by atoms with Crippen molar-refractivity contribution < 1.29 is 9.90 Å². The molecule has 1 amide bonds. The summed E-state index contributed by atoms with van der Waals surface area (Å²) in [6.45, 7) is 3.85. The molecular formula is C21H23N9O2. The first-order valence-corrected chi connectivity index (χ1v) is 10.4. The van der Waals surface area contributed by atoms with Gasteiger partial charge in [-0.1, -0.05) is 25.5 Å². The maximum atomic E-state index is 13.0. The number of carbonyl (C=O) groups excluding carboxylic acids is 1. The molecule has 3 aliphatic heterocycles. The molecule has 0 saturated carbocycles. The van der Waals surface area contributed by atoms with Crippen LogP contribution >= 0.6 is 0 Å². The number of amides is 1. The number of nitrogen functional groups attached to an aromatic ring is 1. The van der Waals surface area contributed by atoms with Crippen molar-refractivity contribution in [2.24, 2.45) is 10.1 Å². The topological polar surface area (TPSA) is 153 Å². The molecule has 0 spiro atoms. The molecule has 0 aliphatic carbocycles. The van der Waals surface area contributed by atoms with Crippen molar-refractivity contribution in [3.05, 3.63) is 47.4 Å². The Morgan fingerprint density at radius 2 is 2.12 bits per heavy atom. The summed E-state index contributed by atoms with van der Waals surface area (Å²) in [5.74, 6) is 1.27. The molecule has 0 fully saturated rings. The van der Waals surface area contributed by atoms with E-state index in [2.05, 4.69) is 38.4 Å². The summed E-state index contributed by atoms with van der Waals surface area (Å²) in [5, 5.41) is 18.7. The summed E-state index contributed by atoms with van der Waals surface area (Å²) in [5.41, 5.74) is 13.3. The zero-order valence-electron chi connectivity index (χ0n) is 17.7. The quantitative estimate of drug-likeness (QED) is 0.477. The van der Waals surface area contributed by atoms with Gasteiger partial charge in [-0.2, -0.15) is 0 Å². The van der Waals surface area contributed by atoms with Gasteiger partial charge in [0, 0.05) is 0 Å². The SMILES string of the molecule is CCCCC1=NC(c2nc(N)c3c(n2)NC(=O)C3(C)c2cccc(O)c2)=CN2NNN=C12. The normalized spacial score (nSPS) is 21.2. The van der Waals surface area contributed by atoms with Gasteiger partial charge in [-0.25, -0.2) is 25.5 Å². The Morgan fingerprint density at radius 1 is 1.28 bits per heavy atom. The van der Waals surface area contributed by atoms with Crippen molar-refractivity contribution in [2.45, 2.75) is 38.5 Å². The van der Waals surface area contributed by atoms with Crippen molar-refractivity contribution in [3.63, 3.8) is 0 Å². The number of aromatic hydroxyl groups is 1. The standard InChI is InChI=1S/C21H23N9O2/c1-3-4-8-13-19-27-28-29-30(19)10-14(23-13)17-24-16(22)15-18(25-17)26-20(32)21(15,2)11-6-5-7-12(31)9-11/h5-7,9-10,28-29,31H,3-4,8H2,1-2H3,(H3,22,24,25,26,32). The highest BCUT2D eigenvalue weighted by Crippen LogP contribution is 2.45. The molecule has 11 nitrogen and oxygen atoms in total. The lowest BCUT2D eigenvalue weighted by Crippen LogP contribution is -2.41. The highest BCUT2D eigenvalue weighted by atomic mass is 16.3. The summed E-state index contributed by atoms with van der Waals surface area (Å²) in [4.78, 5) is 26.8. The second-order valence-corrected chi connectivity index (χ2v) is 7.99. The Bertz CT molecular complexity index is 1220. The van der Waals surface area contributed by atoms with E-state index in [0.29, 0.717) is 34.3 Å². The van der Waals surface area contributed by atoms with Gasteiger partial charge < -0.3 is 16.2 Å². The van der Waals surface area contributed by atoms with Crippen molar-refractivity contribution in [3.8, 4) is 5.75 Å². The summed E-state index contributed by atoms with van der Waals surface area (Å²) in [6, 6.07) is 6.54. The van der Waals surface area contributed by atoms with Crippen LogP contribution in [-0.4, -0.2) is 37.5 Å². The Balaban J connectivity index is 1.58. The number of nitrogens with zero attached hydrogens (tertiary/aromatic N) is 5. The van der Waals surface area contributed by atoms with Crippen molar-refractivity contribution in [1.82, 2.24) is 26.0 Å². The molecule has 1 aromatic heterocycles. The minimum absolute atomic E-state index is 0.0617. The predicted molar refractivity (Wildman–Crippen MR) is 120 cm³/mol. The van der Waals surface area contributed by atoms with Crippen LogP contribution in [0.4, 0.5) is 11.6 Å². The highest BCUT2D eigenvalue weighted by Gasteiger charge is 2.47. The molecular weight excluding hydrogens is 410 g/mol. The van der Waals surface area contributed by atoms with Gasteiger partial charge in [0.15, 0.2) is 11.7 Å². The van der Waals surface area contributed by atoms with Crippen LogP contribution in [0.15, 0.2) is 40.6 Å². The molecule has 3 aliphatic rings. The third-order valence-corrected chi connectivity index (χ3v) is 5.87. The number of hydrazone groups is 1. The number of fused-ring (bicyclic) bond motifs is 2. The molecule has 0 radical (unpaired) electrons. The summed E-state index contributed by atoms with van der Waals surface area (Å²) in [6.07, 6.45) is 4.46. The van der Waals surface area contributed by atoms with Gasteiger partial charge in [0.1, 0.15) is 28.5 Å². The molecule has 11 heteroatoms. The number of aliphatic imine (C=N–C) groups is 1. The third-order valence-electron chi connectivity index (χ3n) is 5.87. The first-order valence-electron chi connectivity index (χ1n) is 10.4. The van der Waals surface area contributed by atoms with Crippen molar-refractivity contribution in [2.75, 3.05) is 11.1 Å². The number of anilines is 2. The zero-order chi connectivity index (χ0) is 22.5. The molecule has 0 bridgehead atoms. The van der Waals surface area contributed by atoms with E-state index in [0.717, 1.165) is 25.0 Å². The lowest BCUT2D eigenvalue weighted by Gasteiger charge is -2.24. The number of unbranched alkanes of at least 4 members (excludes halogenated alkanes) is 1. The molecule has 32 heavy (non-hydrogen) atoms. The second-order valence-electron chi connectivity index (χ2n) is 7.99. The molecule has 1 atom stereocenters. The van der Waals surface area contributed by atoms with E-state index < -0.39 is 5.41 Å². The van der Waals surface area contributed by atoms with Crippen LogP contribution in [0.2, 0.25) is 0 Å². The Labute approximate surface area is 184 Å². The van der Waals surface area contributed by atoms with E-state index >= 15 is 0 Å². The van der Waals surface area contributed by atoms with Crippen LogP contribution in [0.1, 0.15) is 50.1 Å². The number of hydrazine groups is 2. The van der Waals surface area contributed by atoms with Gasteiger partial charge in [-0.05, 0) is 37.5 Å². The largest absolute Gasteiger partial charge is 0.508 e. The number of hydrogen-bond acceptors (Lipinski definition) is 10. The first-order chi connectivity index (χ1) is 15.4. The average molecular weight is 433 g/mol. The fourth-order valence-corrected chi connectivity index (χ4v) is 4.12.